The van der Waals surface area contributed by atoms with Crippen molar-refractivity contribution in [2.45, 2.75) is 24.3 Å². The van der Waals surface area contributed by atoms with Crippen molar-refractivity contribution in [1.29, 1.82) is 0 Å². The Balaban J connectivity index is 1.95. The molecule has 0 atom stereocenters. The smallest absolute Gasteiger partial charge is 0.303 e. The molecule has 2 rings (SSSR count). The van der Waals surface area contributed by atoms with Crippen molar-refractivity contribution in [2.75, 3.05) is 5.75 Å². The molecule has 1 aliphatic carbocycles. The summed E-state index contributed by atoms with van der Waals surface area (Å²) in [4.78, 5) is 28.5. The van der Waals surface area contributed by atoms with Gasteiger partial charge in [-0.1, -0.05) is 0 Å². The molecule has 0 aromatic carbocycles. The van der Waals surface area contributed by atoms with Crippen LogP contribution in [0, 0.1) is 5.41 Å². The number of H-pyrrole nitrogens is 1. The molecule has 0 saturated heterocycles. The molecule has 1 saturated carbocycles. The van der Waals surface area contributed by atoms with Crippen LogP contribution in [-0.4, -0.2) is 26.8 Å². The van der Waals surface area contributed by atoms with Gasteiger partial charge in [-0.05, 0) is 18.3 Å². The van der Waals surface area contributed by atoms with Crippen molar-refractivity contribution >= 4 is 17.7 Å². The maximum absolute atomic E-state index is 11.3. The van der Waals surface area contributed by atoms with E-state index in [0.717, 1.165) is 12.8 Å². The molecule has 0 bridgehead atoms. The SMILES string of the molecule is O=C(O)CC1(CSc2ncc[nH]c2=O)CC1. The number of nitrogens with one attached hydrogen (secondary N) is 1. The normalized spacial score (nSPS) is 17.0. The van der Waals surface area contributed by atoms with Gasteiger partial charge in [0.15, 0.2) is 5.03 Å². The van der Waals surface area contributed by atoms with Crippen LogP contribution in [0.3, 0.4) is 0 Å². The van der Waals surface area contributed by atoms with Gasteiger partial charge in [0, 0.05) is 18.1 Å². The maximum atomic E-state index is 11.3. The lowest BCUT2D eigenvalue weighted by atomic mass is 10.1. The molecule has 1 aromatic rings. The van der Waals surface area contributed by atoms with E-state index < -0.39 is 5.97 Å². The molecule has 1 fully saturated rings. The lowest BCUT2D eigenvalue weighted by Gasteiger charge is -2.10. The van der Waals surface area contributed by atoms with Gasteiger partial charge in [0.2, 0.25) is 0 Å². The number of hydrogen-bond acceptors (Lipinski definition) is 4. The molecule has 86 valence electrons. The molecule has 0 unspecified atom stereocenters. The van der Waals surface area contributed by atoms with Gasteiger partial charge in [-0.2, -0.15) is 0 Å². The van der Waals surface area contributed by atoms with Gasteiger partial charge in [-0.25, -0.2) is 4.98 Å². The van der Waals surface area contributed by atoms with Gasteiger partial charge in [-0.15, -0.1) is 11.8 Å². The highest BCUT2D eigenvalue weighted by Gasteiger charge is 2.44. The number of carboxylic acid groups (broad SMARTS) is 1. The van der Waals surface area contributed by atoms with E-state index in [1.807, 2.05) is 0 Å². The Morgan fingerprint density at radius 2 is 2.38 bits per heavy atom. The Kier molecular flexibility index (Phi) is 3.00. The van der Waals surface area contributed by atoms with E-state index in [2.05, 4.69) is 9.97 Å². The zero-order valence-electron chi connectivity index (χ0n) is 8.60. The number of carboxylic acids is 1. The molecule has 0 radical (unpaired) electrons. The van der Waals surface area contributed by atoms with Gasteiger partial charge in [-0.3, -0.25) is 9.59 Å². The summed E-state index contributed by atoms with van der Waals surface area (Å²) in [6, 6.07) is 0. The molecule has 0 spiro atoms. The van der Waals surface area contributed by atoms with Crippen LogP contribution in [0.15, 0.2) is 22.2 Å². The Morgan fingerprint density at radius 1 is 1.62 bits per heavy atom. The average molecular weight is 240 g/mol. The summed E-state index contributed by atoms with van der Waals surface area (Å²) in [7, 11) is 0. The minimum absolute atomic E-state index is 0.111. The highest BCUT2D eigenvalue weighted by molar-refractivity contribution is 7.99. The third kappa shape index (κ3) is 2.63. The number of hydrogen-bond donors (Lipinski definition) is 2. The van der Waals surface area contributed by atoms with Crippen molar-refractivity contribution in [2.24, 2.45) is 5.41 Å². The van der Waals surface area contributed by atoms with Gasteiger partial charge in [0.1, 0.15) is 0 Å². The first kappa shape index (κ1) is 11.2. The Labute approximate surface area is 96.3 Å². The molecule has 1 aromatic heterocycles. The molecular weight excluding hydrogens is 228 g/mol. The third-order valence-electron chi connectivity index (χ3n) is 2.67. The minimum atomic E-state index is -0.770. The summed E-state index contributed by atoms with van der Waals surface area (Å²) >= 11 is 1.34. The second-order valence-corrected chi connectivity index (χ2v) is 5.05. The van der Waals surface area contributed by atoms with Crippen LogP contribution < -0.4 is 5.56 Å². The largest absolute Gasteiger partial charge is 0.481 e. The predicted octanol–water partition coefficient (Wildman–Crippen LogP) is 1.12. The summed E-state index contributed by atoms with van der Waals surface area (Å²) in [5.74, 6) is -0.118. The van der Waals surface area contributed by atoms with Gasteiger partial charge < -0.3 is 10.1 Å². The van der Waals surface area contributed by atoms with Gasteiger partial charge >= 0.3 is 5.97 Å². The summed E-state index contributed by atoms with van der Waals surface area (Å²) < 4.78 is 0. The van der Waals surface area contributed by atoms with E-state index >= 15 is 0 Å². The summed E-state index contributed by atoms with van der Waals surface area (Å²) in [5, 5.41) is 9.16. The van der Waals surface area contributed by atoms with Crippen LogP contribution in [0.5, 0.6) is 0 Å². The molecule has 0 aliphatic heterocycles. The average Bonchev–Trinajstić information content (AvgIpc) is 2.96. The fraction of sp³-hybridized carbons (Fsp3) is 0.500. The molecular formula is C10H12N2O3S. The first-order valence-electron chi connectivity index (χ1n) is 5.00. The van der Waals surface area contributed by atoms with E-state index in [-0.39, 0.29) is 17.4 Å². The lowest BCUT2D eigenvalue weighted by molar-refractivity contribution is -0.138. The van der Waals surface area contributed by atoms with Crippen LogP contribution in [0.1, 0.15) is 19.3 Å². The van der Waals surface area contributed by atoms with Crippen molar-refractivity contribution < 1.29 is 9.90 Å². The van der Waals surface area contributed by atoms with Crippen molar-refractivity contribution in [3.63, 3.8) is 0 Å². The van der Waals surface area contributed by atoms with Crippen molar-refractivity contribution in [1.82, 2.24) is 9.97 Å². The quantitative estimate of drug-likeness (QED) is 0.753. The zero-order chi connectivity index (χ0) is 11.6. The van der Waals surface area contributed by atoms with Crippen LogP contribution in [-0.2, 0) is 4.79 Å². The van der Waals surface area contributed by atoms with Crippen LogP contribution in [0.25, 0.3) is 0 Å². The predicted molar refractivity (Wildman–Crippen MR) is 59.5 cm³/mol. The number of aliphatic carboxylic acids is 1. The highest BCUT2D eigenvalue weighted by atomic mass is 32.2. The second kappa shape index (κ2) is 4.29. The van der Waals surface area contributed by atoms with E-state index in [9.17, 15) is 9.59 Å². The standard InChI is InChI=1S/C10H12N2O3S/c13-7(14)5-10(1-2-10)6-16-9-8(15)11-3-4-12-9/h3-4H,1-2,5-6H2,(H,11,15)(H,13,14). The molecule has 1 aliphatic rings. The topological polar surface area (TPSA) is 83.0 Å². The molecule has 6 heteroatoms. The number of aromatic amines is 1. The van der Waals surface area contributed by atoms with Crippen molar-refractivity contribution in [3.05, 3.63) is 22.7 Å². The van der Waals surface area contributed by atoms with E-state index in [0.29, 0.717) is 10.8 Å². The Morgan fingerprint density at radius 3 is 2.94 bits per heavy atom. The second-order valence-electron chi connectivity index (χ2n) is 4.08. The Hall–Kier alpha value is -1.30. The Bertz CT molecular complexity index is 453. The minimum Gasteiger partial charge on any atom is -0.481 e. The fourth-order valence-electron chi connectivity index (χ4n) is 1.53. The van der Waals surface area contributed by atoms with Gasteiger partial charge in [0.05, 0.1) is 6.42 Å². The summed E-state index contributed by atoms with van der Waals surface area (Å²) in [5.41, 5.74) is -0.320. The molecule has 5 nitrogen and oxygen atoms in total. The third-order valence-corrected chi connectivity index (χ3v) is 3.99. The van der Waals surface area contributed by atoms with Crippen LogP contribution >= 0.6 is 11.8 Å². The first-order valence-corrected chi connectivity index (χ1v) is 5.98. The lowest BCUT2D eigenvalue weighted by Crippen LogP contribution is -2.14. The summed E-state index contributed by atoms with van der Waals surface area (Å²) in [6.07, 6.45) is 5.05. The summed E-state index contributed by atoms with van der Waals surface area (Å²) in [6.45, 7) is 0. The maximum Gasteiger partial charge on any atom is 0.303 e. The number of nitrogens with zero attached hydrogens (tertiary/aromatic N) is 1. The molecule has 2 N–H and O–H groups in total. The van der Waals surface area contributed by atoms with Gasteiger partial charge in [0.25, 0.3) is 5.56 Å². The monoisotopic (exact) mass is 240 g/mol. The number of aromatic nitrogens is 2. The number of rotatable bonds is 5. The number of carbonyl (C=O) groups is 1. The molecule has 0 amide bonds. The molecule has 16 heavy (non-hydrogen) atoms. The zero-order valence-corrected chi connectivity index (χ0v) is 9.42. The molecule has 1 heterocycles. The van der Waals surface area contributed by atoms with E-state index in [4.69, 9.17) is 5.11 Å². The van der Waals surface area contributed by atoms with Crippen molar-refractivity contribution in [3.8, 4) is 0 Å². The van der Waals surface area contributed by atoms with E-state index in [1.54, 1.807) is 0 Å². The number of thioether (sulfide) groups is 1. The fourth-order valence-corrected chi connectivity index (χ4v) is 2.69. The van der Waals surface area contributed by atoms with Crippen LogP contribution in [0.2, 0.25) is 0 Å². The first-order chi connectivity index (χ1) is 7.61. The highest BCUT2D eigenvalue weighted by Crippen LogP contribution is 2.51. The van der Waals surface area contributed by atoms with Crippen LogP contribution in [0.4, 0.5) is 0 Å². The van der Waals surface area contributed by atoms with E-state index in [1.165, 1.54) is 24.2 Å².